The molecule has 0 radical (unpaired) electrons. The predicted octanol–water partition coefficient (Wildman–Crippen LogP) is 3.20. The number of fused-ring (bicyclic) bond motifs is 1. The van der Waals surface area contributed by atoms with Gasteiger partial charge < -0.3 is 4.74 Å². The molecular weight excluding hydrogens is 252 g/mol. The number of carbonyl (C=O) groups excluding carboxylic acids is 1. The molecule has 1 heterocycles. The van der Waals surface area contributed by atoms with Gasteiger partial charge in [-0.05, 0) is 35.9 Å². The van der Waals surface area contributed by atoms with Crippen LogP contribution in [0.2, 0.25) is 0 Å². The summed E-state index contributed by atoms with van der Waals surface area (Å²) in [5, 5.41) is 6.56. The Morgan fingerprint density at radius 2 is 1.95 bits per heavy atom. The van der Waals surface area contributed by atoms with Crippen LogP contribution in [-0.2, 0) is 4.74 Å². The van der Waals surface area contributed by atoms with Crippen LogP contribution in [-0.4, -0.2) is 22.4 Å². The van der Waals surface area contributed by atoms with E-state index in [0.29, 0.717) is 12.3 Å². The van der Waals surface area contributed by atoms with Crippen molar-refractivity contribution in [2.75, 3.05) is 6.61 Å². The van der Waals surface area contributed by atoms with Crippen LogP contribution in [0.3, 0.4) is 0 Å². The van der Waals surface area contributed by atoms with Gasteiger partial charge in [-0.3, -0.25) is 0 Å². The molecule has 0 spiro atoms. The molecule has 0 N–H and O–H groups in total. The molecule has 0 atom stereocenters. The fourth-order valence-corrected chi connectivity index (χ4v) is 2.10. The number of carbonyl (C=O) groups is 1. The Balaban J connectivity index is 1.96. The van der Waals surface area contributed by atoms with Crippen LogP contribution in [0.4, 0.5) is 0 Å². The third-order valence-corrected chi connectivity index (χ3v) is 3.07. The third kappa shape index (κ3) is 2.28. The second kappa shape index (κ2) is 5.17. The van der Waals surface area contributed by atoms with Gasteiger partial charge in [0.2, 0.25) is 0 Å². The number of hydrogen-bond acceptors (Lipinski definition) is 3. The summed E-state index contributed by atoms with van der Waals surface area (Å²) in [7, 11) is 0. The SMILES string of the molecule is CCOC(=O)c1ccn(-c2ccc3ccccc3c2)n1. The molecule has 0 saturated heterocycles. The van der Waals surface area contributed by atoms with Gasteiger partial charge in [-0.25, -0.2) is 9.48 Å². The highest BCUT2D eigenvalue weighted by molar-refractivity contribution is 5.87. The van der Waals surface area contributed by atoms with Crippen molar-refractivity contribution in [1.82, 2.24) is 9.78 Å². The lowest BCUT2D eigenvalue weighted by molar-refractivity contribution is 0.0519. The van der Waals surface area contributed by atoms with Crippen LogP contribution in [0.1, 0.15) is 17.4 Å². The zero-order valence-corrected chi connectivity index (χ0v) is 11.1. The van der Waals surface area contributed by atoms with E-state index in [1.165, 1.54) is 5.39 Å². The minimum Gasteiger partial charge on any atom is -0.461 e. The van der Waals surface area contributed by atoms with Crippen molar-refractivity contribution in [3.8, 4) is 5.69 Å². The van der Waals surface area contributed by atoms with E-state index in [9.17, 15) is 4.79 Å². The van der Waals surface area contributed by atoms with Crippen LogP contribution in [0, 0.1) is 0 Å². The lowest BCUT2D eigenvalue weighted by Crippen LogP contribution is -2.06. The molecule has 1 aromatic heterocycles. The Morgan fingerprint density at radius 1 is 1.15 bits per heavy atom. The van der Waals surface area contributed by atoms with Crippen LogP contribution in [0.5, 0.6) is 0 Å². The maximum atomic E-state index is 11.6. The second-order valence-corrected chi connectivity index (χ2v) is 4.40. The van der Waals surface area contributed by atoms with Gasteiger partial charge in [0.15, 0.2) is 5.69 Å². The lowest BCUT2D eigenvalue weighted by atomic mass is 10.1. The van der Waals surface area contributed by atoms with E-state index in [1.54, 1.807) is 23.9 Å². The predicted molar refractivity (Wildman–Crippen MR) is 77.0 cm³/mol. The Morgan fingerprint density at radius 3 is 2.75 bits per heavy atom. The summed E-state index contributed by atoms with van der Waals surface area (Å²) in [6.07, 6.45) is 1.76. The summed E-state index contributed by atoms with van der Waals surface area (Å²) in [6, 6.07) is 15.8. The van der Waals surface area contributed by atoms with Crippen molar-refractivity contribution in [1.29, 1.82) is 0 Å². The Kier molecular flexibility index (Phi) is 3.21. The number of aromatic nitrogens is 2. The van der Waals surface area contributed by atoms with E-state index < -0.39 is 5.97 Å². The van der Waals surface area contributed by atoms with Crippen molar-refractivity contribution in [3.63, 3.8) is 0 Å². The van der Waals surface area contributed by atoms with Crippen LogP contribution in [0.15, 0.2) is 54.7 Å². The highest BCUT2D eigenvalue weighted by Crippen LogP contribution is 2.18. The highest BCUT2D eigenvalue weighted by atomic mass is 16.5. The number of nitrogens with zero attached hydrogens (tertiary/aromatic N) is 2. The summed E-state index contributed by atoms with van der Waals surface area (Å²) in [5.41, 5.74) is 1.24. The monoisotopic (exact) mass is 266 g/mol. The first-order valence-electron chi connectivity index (χ1n) is 6.50. The van der Waals surface area contributed by atoms with Crippen molar-refractivity contribution in [3.05, 3.63) is 60.4 Å². The molecule has 100 valence electrons. The number of esters is 1. The Hall–Kier alpha value is -2.62. The molecule has 3 rings (SSSR count). The van der Waals surface area contributed by atoms with E-state index in [2.05, 4.69) is 17.2 Å². The summed E-state index contributed by atoms with van der Waals surface area (Å²) < 4.78 is 6.61. The first kappa shape index (κ1) is 12.4. The largest absolute Gasteiger partial charge is 0.461 e. The van der Waals surface area contributed by atoms with Gasteiger partial charge in [-0.1, -0.05) is 30.3 Å². The zero-order chi connectivity index (χ0) is 13.9. The first-order chi connectivity index (χ1) is 9.78. The van der Waals surface area contributed by atoms with Crippen molar-refractivity contribution in [2.45, 2.75) is 6.92 Å². The van der Waals surface area contributed by atoms with Gasteiger partial charge in [-0.15, -0.1) is 0 Å². The van der Waals surface area contributed by atoms with Gasteiger partial charge in [0.25, 0.3) is 0 Å². The Labute approximate surface area is 116 Å². The molecule has 20 heavy (non-hydrogen) atoms. The zero-order valence-electron chi connectivity index (χ0n) is 11.1. The summed E-state index contributed by atoms with van der Waals surface area (Å²) in [4.78, 5) is 11.6. The average molecular weight is 266 g/mol. The summed E-state index contributed by atoms with van der Waals surface area (Å²) in [5.74, 6) is -0.396. The minimum absolute atomic E-state index is 0.319. The molecule has 0 amide bonds. The molecule has 4 heteroatoms. The van der Waals surface area contributed by atoms with Gasteiger partial charge in [0.05, 0.1) is 12.3 Å². The van der Waals surface area contributed by atoms with Gasteiger partial charge in [0.1, 0.15) is 0 Å². The van der Waals surface area contributed by atoms with Crippen LogP contribution >= 0.6 is 0 Å². The summed E-state index contributed by atoms with van der Waals surface area (Å²) in [6.45, 7) is 2.12. The van der Waals surface area contributed by atoms with Crippen LogP contribution in [0.25, 0.3) is 16.5 Å². The topological polar surface area (TPSA) is 44.1 Å². The van der Waals surface area contributed by atoms with E-state index in [-0.39, 0.29) is 0 Å². The second-order valence-electron chi connectivity index (χ2n) is 4.40. The van der Waals surface area contributed by atoms with Crippen molar-refractivity contribution >= 4 is 16.7 Å². The molecule has 0 bridgehead atoms. The molecule has 0 aliphatic rings. The number of hydrogen-bond donors (Lipinski definition) is 0. The van der Waals surface area contributed by atoms with Crippen molar-refractivity contribution < 1.29 is 9.53 Å². The van der Waals surface area contributed by atoms with E-state index in [1.807, 2.05) is 30.3 Å². The fourth-order valence-electron chi connectivity index (χ4n) is 2.10. The molecule has 4 nitrogen and oxygen atoms in total. The molecular formula is C16H14N2O2. The molecule has 0 aliphatic heterocycles. The van der Waals surface area contributed by atoms with Gasteiger partial charge >= 0.3 is 5.97 Å². The van der Waals surface area contributed by atoms with Gasteiger partial charge in [-0.2, -0.15) is 5.10 Å². The normalized spacial score (nSPS) is 10.7. The molecule has 0 unspecified atom stereocenters. The van der Waals surface area contributed by atoms with E-state index in [0.717, 1.165) is 11.1 Å². The molecule has 0 saturated carbocycles. The summed E-state index contributed by atoms with van der Waals surface area (Å²) >= 11 is 0. The molecule has 0 fully saturated rings. The van der Waals surface area contributed by atoms with E-state index in [4.69, 9.17) is 4.74 Å². The highest BCUT2D eigenvalue weighted by Gasteiger charge is 2.10. The third-order valence-electron chi connectivity index (χ3n) is 3.07. The Bertz CT molecular complexity index is 762. The number of rotatable bonds is 3. The first-order valence-corrected chi connectivity index (χ1v) is 6.50. The van der Waals surface area contributed by atoms with Gasteiger partial charge in [0, 0.05) is 6.20 Å². The fraction of sp³-hybridized carbons (Fsp3) is 0.125. The molecule has 0 aliphatic carbocycles. The maximum absolute atomic E-state index is 11.6. The average Bonchev–Trinajstić information content (AvgIpc) is 2.97. The van der Waals surface area contributed by atoms with Crippen molar-refractivity contribution in [2.24, 2.45) is 0 Å². The lowest BCUT2D eigenvalue weighted by Gasteiger charge is -2.03. The maximum Gasteiger partial charge on any atom is 0.358 e. The van der Waals surface area contributed by atoms with Crippen LogP contribution < -0.4 is 0 Å². The minimum atomic E-state index is -0.396. The number of ether oxygens (including phenoxy) is 1. The number of benzene rings is 2. The standard InChI is InChI=1S/C16H14N2O2/c1-2-20-16(19)15-9-10-18(17-15)14-8-7-12-5-3-4-6-13(12)11-14/h3-11H,2H2,1H3. The molecule has 3 aromatic rings. The molecule has 2 aromatic carbocycles. The van der Waals surface area contributed by atoms with E-state index >= 15 is 0 Å². The smallest absolute Gasteiger partial charge is 0.358 e. The quantitative estimate of drug-likeness (QED) is 0.684.